The van der Waals surface area contributed by atoms with Crippen molar-refractivity contribution < 1.29 is 5.32 Å². The highest BCUT2D eigenvalue weighted by Crippen LogP contribution is 2.41. The Kier molecular flexibility index (Phi) is 2.97. The van der Waals surface area contributed by atoms with Crippen molar-refractivity contribution in [2.45, 2.75) is 70.8 Å². The van der Waals surface area contributed by atoms with Crippen LogP contribution < -0.4 is 5.32 Å². The summed E-state index contributed by atoms with van der Waals surface area (Å²) in [6.07, 6.45) is 8.54. The average Bonchev–Trinajstić information content (AvgIpc) is 2.34. The lowest BCUT2D eigenvalue weighted by Crippen LogP contribution is -2.94. The molecule has 1 saturated carbocycles. The number of hydrogen-bond acceptors (Lipinski definition) is 0. The molecular weight excluding hydrogens is 218 g/mol. The van der Waals surface area contributed by atoms with Gasteiger partial charge in [-0.15, -0.1) is 0 Å². The van der Waals surface area contributed by atoms with E-state index in [1.807, 2.05) is 0 Å². The fourth-order valence-electron chi connectivity index (χ4n) is 4.38. The van der Waals surface area contributed by atoms with E-state index < -0.39 is 0 Å². The molecule has 2 N–H and O–H groups in total. The van der Waals surface area contributed by atoms with Crippen LogP contribution in [0.15, 0.2) is 12.1 Å². The number of rotatable bonds is 0. The van der Waals surface area contributed by atoms with Crippen LogP contribution in [0.25, 0.3) is 0 Å². The number of nitrogens with two attached hydrogens (primary N) is 1. The van der Waals surface area contributed by atoms with E-state index in [0.29, 0.717) is 5.54 Å². The van der Waals surface area contributed by atoms with Gasteiger partial charge in [-0.1, -0.05) is 25.5 Å². The van der Waals surface area contributed by atoms with Crippen LogP contribution in [0.5, 0.6) is 0 Å². The molecule has 1 aliphatic carbocycles. The largest absolute Gasteiger partial charge is 0.309 e. The van der Waals surface area contributed by atoms with Crippen LogP contribution >= 0.6 is 0 Å². The third-order valence-corrected chi connectivity index (χ3v) is 5.23. The summed E-state index contributed by atoms with van der Waals surface area (Å²) in [5.74, 6) is 0.739. The summed E-state index contributed by atoms with van der Waals surface area (Å²) in [6.45, 7) is 7.00. The predicted molar refractivity (Wildman–Crippen MR) is 76.3 cm³/mol. The third-order valence-electron chi connectivity index (χ3n) is 5.23. The fourth-order valence-corrected chi connectivity index (χ4v) is 4.38. The van der Waals surface area contributed by atoms with Gasteiger partial charge in [0.1, 0.15) is 11.2 Å². The summed E-state index contributed by atoms with van der Waals surface area (Å²) in [6, 6.07) is 4.61. The second-order valence-electron chi connectivity index (χ2n) is 6.70. The zero-order valence-corrected chi connectivity index (χ0v) is 12.1. The molecule has 2 aliphatic rings. The summed E-state index contributed by atoms with van der Waals surface area (Å²) in [4.78, 5) is 0. The molecule has 0 radical (unpaired) electrons. The van der Waals surface area contributed by atoms with Gasteiger partial charge >= 0.3 is 0 Å². The monoisotopic (exact) mass is 244 g/mol. The Morgan fingerprint density at radius 2 is 1.72 bits per heavy atom. The molecule has 18 heavy (non-hydrogen) atoms. The molecule has 98 valence electrons. The Morgan fingerprint density at radius 3 is 2.44 bits per heavy atom. The maximum atomic E-state index is 2.66. The summed E-state index contributed by atoms with van der Waals surface area (Å²) in [5, 5.41) is 2.66. The first kappa shape index (κ1) is 12.2. The van der Waals surface area contributed by atoms with Crippen LogP contribution in [0.3, 0.4) is 0 Å². The van der Waals surface area contributed by atoms with Crippen molar-refractivity contribution in [3.63, 3.8) is 0 Å². The summed E-state index contributed by atoms with van der Waals surface area (Å²) < 4.78 is 0. The van der Waals surface area contributed by atoms with E-state index in [1.165, 1.54) is 49.7 Å². The minimum absolute atomic E-state index is 0.531. The van der Waals surface area contributed by atoms with E-state index in [4.69, 9.17) is 0 Å². The van der Waals surface area contributed by atoms with E-state index in [2.05, 4.69) is 38.2 Å². The molecule has 1 unspecified atom stereocenters. The van der Waals surface area contributed by atoms with Crippen LogP contribution in [-0.2, 0) is 0 Å². The van der Waals surface area contributed by atoms with E-state index in [1.54, 1.807) is 11.3 Å². The molecule has 1 aromatic rings. The van der Waals surface area contributed by atoms with Gasteiger partial charge in [-0.2, -0.15) is 0 Å². The molecule has 1 atom stereocenters. The van der Waals surface area contributed by atoms with Crippen molar-refractivity contribution in [3.05, 3.63) is 28.8 Å². The zero-order valence-electron chi connectivity index (χ0n) is 12.1. The fraction of sp³-hybridized carbons (Fsp3) is 0.647. The molecule has 1 aliphatic heterocycles. The second kappa shape index (κ2) is 4.38. The van der Waals surface area contributed by atoms with E-state index in [9.17, 15) is 0 Å². The quantitative estimate of drug-likeness (QED) is 0.670. The van der Waals surface area contributed by atoms with Gasteiger partial charge in [0.25, 0.3) is 0 Å². The van der Waals surface area contributed by atoms with Crippen LogP contribution in [0, 0.1) is 13.8 Å². The summed E-state index contributed by atoms with van der Waals surface area (Å²) in [7, 11) is 0. The number of quaternary nitrogens is 1. The van der Waals surface area contributed by atoms with Gasteiger partial charge in [0, 0.05) is 30.4 Å². The van der Waals surface area contributed by atoms with Crippen LogP contribution in [0.1, 0.15) is 68.1 Å². The van der Waals surface area contributed by atoms with Gasteiger partial charge < -0.3 is 5.32 Å². The normalized spacial score (nSPS) is 26.1. The Bertz CT molecular complexity index is 455. The van der Waals surface area contributed by atoms with E-state index >= 15 is 0 Å². The predicted octanol–water partition coefficient (Wildman–Crippen LogP) is 3.71. The maximum absolute atomic E-state index is 2.66. The lowest BCUT2D eigenvalue weighted by molar-refractivity contribution is -0.665. The van der Waals surface area contributed by atoms with Crippen LogP contribution in [0.2, 0.25) is 0 Å². The maximum Gasteiger partial charge on any atom is 0.136 e. The molecule has 1 fully saturated rings. The Labute approximate surface area is 111 Å². The molecule has 0 amide bonds. The second-order valence-corrected chi connectivity index (χ2v) is 6.70. The van der Waals surface area contributed by atoms with Crippen molar-refractivity contribution in [1.82, 2.24) is 0 Å². The molecule has 1 heteroatoms. The molecule has 0 bridgehead atoms. The molecular formula is C17H26N+. The third kappa shape index (κ3) is 1.89. The van der Waals surface area contributed by atoms with E-state index in [-0.39, 0.29) is 0 Å². The molecule has 0 saturated heterocycles. The lowest BCUT2D eigenvalue weighted by atomic mass is 9.70. The number of benzene rings is 1. The van der Waals surface area contributed by atoms with Gasteiger partial charge in [-0.25, -0.2) is 0 Å². The van der Waals surface area contributed by atoms with Crippen molar-refractivity contribution >= 4 is 5.69 Å². The molecule has 1 heterocycles. The molecule has 3 rings (SSSR count). The van der Waals surface area contributed by atoms with Crippen LogP contribution in [-0.4, -0.2) is 5.54 Å². The first-order valence-electron chi connectivity index (χ1n) is 7.57. The van der Waals surface area contributed by atoms with Crippen molar-refractivity contribution in [2.75, 3.05) is 0 Å². The smallest absolute Gasteiger partial charge is 0.136 e. The summed E-state index contributed by atoms with van der Waals surface area (Å²) >= 11 is 0. The molecule has 1 aromatic carbocycles. The first-order chi connectivity index (χ1) is 8.61. The van der Waals surface area contributed by atoms with Crippen molar-refractivity contribution in [1.29, 1.82) is 0 Å². The molecule has 1 nitrogen and oxygen atoms in total. The SMILES string of the molecule is Cc1ccc(C)c2c1[NH2+]C1(CCCCC1)CC2C. The Hall–Kier alpha value is -0.820. The van der Waals surface area contributed by atoms with Gasteiger partial charge in [-0.3, -0.25) is 0 Å². The van der Waals surface area contributed by atoms with Crippen molar-refractivity contribution in [2.24, 2.45) is 0 Å². The highest BCUT2D eigenvalue weighted by atomic mass is 15.0. The van der Waals surface area contributed by atoms with Gasteiger partial charge in [0.05, 0.1) is 0 Å². The topological polar surface area (TPSA) is 16.6 Å². The van der Waals surface area contributed by atoms with E-state index in [0.717, 1.165) is 5.92 Å². The van der Waals surface area contributed by atoms with Gasteiger partial charge in [-0.05, 0) is 38.2 Å². The minimum atomic E-state index is 0.531. The van der Waals surface area contributed by atoms with Gasteiger partial charge in [0.15, 0.2) is 0 Å². The minimum Gasteiger partial charge on any atom is -0.309 e. The standard InChI is InChI=1S/C17H25N/c1-12-7-8-13(2)16-15(12)14(3)11-17(18-16)9-5-4-6-10-17/h7-8,14,18H,4-6,9-11H2,1-3H3/p+1. The average molecular weight is 244 g/mol. The van der Waals surface area contributed by atoms with Crippen molar-refractivity contribution in [3.8, 4) is 0 Å². The highest BCUT2D eigenvalue weighted by molar-refractivity contribution is 5.53. The Balaban J connectivity index is 2.03. The van der Waals surface area contributed by atoms with Crippen LogP contribution in [0.4, 0.5) is 5.69 Å². The number of fused-ring (bicyclic) bond motifs is 1. The Morgan fingerprint density at radius 1 is 1.06 bits per heavy atom. The highest BCUT2D eigenvalue weighted by Gasteiger charge is 2.43. The number of aryl methyl sites for hydroxylation is 2. The zero-order chi connectivity index (χ0) is 12.8. The molecule has 1 spiro atoms. The lowest BCUT2D eigenvalue weighted by Gasteiger charge is -2.42. The van der Waals surface area contributed by atoms with Gasteiger partial charge in [0.2, 0.25) is 0 Å². The first-order valence-corrected chi connectivity index (χ1v) is 7.57. The summed E-state index contributed by atoms with van der Waals surface area (Å²) in [5.41, 5.74) is 6.71. The number of hydrogen-bond donors (Lipinski definition) is 1. The molecule has 0 aromatic heterocycles.